The predicted octanol–water partition coefficient (Wildman–Crippen LogP) is 2.08. The van der Waals surface area contributed by atoms with E-state index in [9.17, 15) is 0 Å². The van der Waals surface area contributed by atoms with E-state index < -0.39 is 0 Å². The van der Waals surface area contributed by atoms with Crippen LogP contribution in [-0.4, -0.2) is 19.5 Å². The van der Waals surface area contributed by atoms with Crippen molar-refractivity contribution < 1.29 is 4.74 Å². The highest BCUT2D eigenvalue weighted by molar-refractivity contribution is 6.28. The van der Waals surface area contributed by atoms with Gasteiger partial charge in [-0.1, -0.05) is 6.08 Å². The van der Waals surface area contributed by atoms with E-state index in [-0.39, 0.29) is 11.5 Å². The van der Waals surface area contributed by atoms with E-state index in [1.807, 2.05) is 18.2 Å². The van der Waals surface area contributed by atoms with E-state index in [2.05, 4.69) is 15.0 Å². The molecule has 0 saturated carbocycles. The van der Waals surface area contributed by atoms with E-state index in [4.69, 9.17) is 16.3 Å². The number of allylic oxidation sites excluding steroid dienone is 2. The average Bonchev–Trinajstić information content (AvgIpc) is 2.73. The second-order valence-corrected chi connectivity index (χ2v) is 3.58. The number of fused-ring (bicyclic) bond motifs is 1. The molecule has 2 aromatic rings. The molecule has 16 heavy (non-hydrogen) atoms. The topological polar surface area (TPSA) is 52.8 Å². The summed E-state index contributed by atoms with van der Waals surface area (Å²) in [7, 11) is 0. The molecule has 0 saturated heterocycles. The number of halogens is 1. The Morgan fingerprint density at radius 3 is 3.06 bits per heavy atom. The highest BCUT2D eigenvalue weighted by Gasteiger charge is 2.14. The number of imidazole rings is 1. The Balaban J connectivity index is 2.13. The lowest BCUT2D eigenvalue weighted by Gasteiger charge is -2.16. The van der Waals surface area contributed by atoms with Crippen molar-refractivity contribution in [1.82, 2.24) is 19.5 Å². The molecular formula is C10H7ClN4O. The first kappa shape index (κ1) is 9.35. The second kappa shape index (κ2) is 3.61. The minimum Gasteiger partial charge on any atom is -0.474 e. The fourth-order valence-electron chi connectivity index (χ4n) is 1.53. The van der Waals surface area contributed by atoms with Gasteiger partial charge >= 0.3 is 0 Å². The molecule has 2 aromatic heterocycles. The molecule has 0 amide bonds. The molecule has 0 aliphatic carbocycles. The molecule has 0 radical (unpaired) electrons. The van der Waals surface area contributed by atoms with Crippen LogP contribution in [-0.2, 0) is 4.74 Å². The molecule has 1 aliphatic rings. The van der Waals surface area contributed by atoms with Crippen molar-refractivity contribution in [2.24, 2.45) is 0 Å². The monoisotopic (exact) mass is 234 g/mol. The Labute approximate surface area is 96.0 Å². The summed E-state index contributed by atoms with van der Waals surface area (Å²) >= 11 is 5.75. The number of rotatable bonds is 1. The van der Waals surface area contributed by atoms with Crippen molar-refractivity contribution in [3.05, 3.63) is 42.3 Å². The first-order valence-corrected chi connectivity index (χ1v) is 5.06. The van der Waals surface area contributed by atoms with Crippen LogP contribution in [0.2, 0.25) is 5.28 Å². The van der Waals surface area contributed by atoms with Gasteiger partial charge in [-0.3, -0.25) is 4.57 Å². The Morgan fingerprint density at radius 1 is 1.31 bits per heavy atom. The zero-order valence-corrected chi connectivity index (χ0v) is 8.87. The Kier molecular flexibility index (Phi) is 2.11. The van der Waals surface area contributed by atoms with Crippen LogP contribution in [0.15, 0.2) is 37.0 Å². The van der Waals surface area contributed by atoms with Gasteiger partial charge in [-0.2, -0.15) is 4.98 Å². The summed E-state index contributed by atoms with van der Waals surface area (Å²) in [6.07, 6.45) is 10.3. The maximum absolute atomic E-state index is 5.75. The molecule has 1 aliphatic heterocycles. The summed E-state index contributed by atoms with van der Waals surface area (Å²) in [5.74, 6) is 0. The van der Waals surface area contributed by atoms with E-state index in [0.29, 0.717) is 11.2 Å². The molecule has 80 valence electrons. The summed E-state index contributed by atoms with van der Waals surface area (Å²) in [4.78, 5) is 12.2. The number of ether oxygens (including phenoxy) is 1. The van der Waals surface area contributed by atoms with Crippen LogP contribution >= 0.6 is 11.6 Å². The van der Waals surface area contributed by atoms with Gasteiger partial charge in [0.2, 0.25) is 5.28 Å². The van der Waals surface area contributed by atoms with Crippen LogP contribution in [0.25, 0.3) is 11.2 Å². The molecule has 3 rings (SSSR count). The smallest absolute Gasteiger partial charge is 0.224 e. The highest BCUT2D eigenvalue weighted by atomic mass is 35.5. The van der Waals surface area contributed by atoms with Crippen LogP contribution in [0, 0.1) is 0 Å². The minimum atomic E-state index is -0.235. The van der Waals surface area contributed by atoms with Crippen LogP contribution in [0.3, 0.4) is 0 Å². The van der Waals surface area contributed by atoms with Crippen LogP contribution in [0.4, 0.5) is 0 Å². The van der Waals surface area contributed by atoms with Crippen molar-refractivity contribution in [2.75, 3.05) is 0 Å². The lowest BCUT2D eigenvalue weighted by molar-refractivity contribution is 0.125. The van der Waals surface area contributed by atoms with Gasteiger partial charge < -0.3 is 4.74 Å². The Morgan fingerprint density at radius 2 is 2.25 bits per heavy atom. The average molecular weight is 235 g/mol. The molecule has 0 fully saturated rings. The van der Waals surface area contributed by atoms with Crippen LogP contribution in [0.1, 0.15) is 6.23 Å². The Bertz CT molecular complexity index is 590. The van der Waals surface area contributed by atoms with Gasteiger partial charge in [0.1, 0.15) is 11.8 Å². The van der Waals surface area contributed by atoms with Gasteiger partial charge in [0.15, 0.2) is 11.9 Å². The predicted molar refractivity (Wildman–Crippen MR) is 58.7 cm³/mol. The van der Waals surface area contributed by atoms with Crippen molar-refractivity contribution in [3.63, 3.8) is 0 Å². The summed E-state index contributed by atoms with van der Waals surface area (Å²) in [5.41, 5.74) is 1.35. The maximum Gasteiger partial charge on any atom is 0.224 e. The molecular weight excluding hydrogens is 228 g/mol. The van der Waals surface area contributed by atoms with Gasteiger partial charge in [-0.15, -0.1) is 0 Å². The van der Waals surface area contributed by atoms with Gasteiger partial charge in [-0.25, -0.2) is 9.97 Å². The lowest BCUT2D eigenvalue weighted by Crippen LogP contribution is -2.09. The molecule has 0 aromatic carbocycles. The fourth-order valence-corrected chi connectivity index (χ4v) is 1.65. The molecule has 0 N–H and O–H groups in total. The van der Waals surface area contributed by atoms with E-state index in [0.717, 1.165) is 0 Å². The van der Waals surface area contributed by atoms with Gasteiger partial charge in [0.05, 0.1) is 12.5 Å². The third kappa shape index (κ3) is 1.45. The first-order valence-electron chi connectivity index (χ1n) is 4.68. The zero-order valence-electron chi connectivity index (χ0n) is 8.12. The van der Waals surface area contributed by atoms with Gasteiger partial charge in [0, 0.05) is 0 Å². The largest absolute Gasteiger partial charge is 0.474 e. The summed E-state index contributed by atoms with van der Waals surface area (Å²) in [6, 6.07) is 0. The maximum atomic E-state index is 5.75. The van der Waals surface area contributed by atoms with E-state index >= 15 is 0 Å². The van der Waals surface area contributed by atoms with E-state index in [1.165, 1.54) is 0 Å². The third-order valence-electron chi connectivity index (χ3n) is 2.24. The molecule has 1 unspecified atom stereocenters. The number of hydrogen-bond acceptors (Lipinski definition) is 4. The number of nitrogens with zero attached hydrogens (tertiary/aromatic N) is 4. The van der Waals surface area contributed by atoms with Crippen LogP contribution < -0.4 is 0 Å². The molecule has 1 atom stereocenters. The quantitative estimate of drug-likeness (QED) is 0.709. The third-order valence-corrected chi connectivity index (χ3v) is 2.43. The van der Waals surface area contributed by atoms with Gasteiger partial charge in [0.25, 0.3) is 0 Å². The molecule has 0 bridgehead atoms. The minimum absolute atomic E-state index is 0.199. The summed E-state index contributed by atoms with van der Waals surface area (Å²) in [6.45, 7) is 0. The second-order valence-electron chi connectivity index (χ2n) is 3.24. The van der Waals surface area contributed by atoms with Gasteiger partial charge in [-0.05, 0) is 23.8 Å². The molecule has 3 heterocycles. The first-order chi connectivity index (χ1) is 7.84. The molecule has 0 spiro atoms. The van der Waals surface area contributed by atoms with Crippen molar-refractivity contribution in [1.29, 1.82) is 0 Å². The number of aromatic nitrogens is 4. The van der Waals surface area contributed by atoms with Crippen molar-refractivity contribution in [2.45, 2.75) is 6.23 Å². The normalized spacial score (nSPS) is 18.9. The molecule has 5 nitrogen and oxygen atoms in total. The zero-order chi connectivity index (χ0) is 11.0. The van der Waals surface area contributed by atoms with E-state index in [1.54, 1.807) is 23.4 Å². The number of hydrogen-bond donors (Lipinski definition) is 0. The lowest BCUT2D eigenvalue weighted by atomic mass is 10.4. The Hall–Kier alpha value is -1.88. The fraction of sp³-hybridized carbons (Fsp3) is 0.100. The standard InChI is InChI=1S/C10H7ClN4O/c11-10-12-5-7-9(14-10)15(6-13-7)8-3-1-2-4-16-8/h1-6,8H. The van der Waals surface area contributed by atoms with Crippen LogP contribution in [0.5, 0.6) is 0 Å². The molecule has 6 heteroatoms. The SMILES string of the molecule is Clc1ncc2ncn(C3C=CC=CO3)c2n1. The highest BCUT2D eigenvalue weighted by Crippen LogP contribution is 2.20. The van der Waals surface area contributed by atoms with Crippen molar-refractivity contribution in [3.8, 4) is 0 Å². The summed E-state index contributed by atoms with van der Waals surface area (Å²) in [5, 5.41) is 0.199. The van der Waals surface area contributed by atoms with Crippen molar-refractivity contribution >= 4 is 22.8 Å². The summed E-state index contributed by atoms with van der Waals surface area (Å²) < 4.78 is 7.22.